The lowest BCUT2D eigenvalue weighted by Crippen LogP contribution is -2.45. The molecule has 0 amide bonds. The maximum absolute atomic E-state index is 13.5. The van der Waals surface area contributed by atoms with Crippen LogP contribution in [0.5, 0.6) is 5.75 Å². The smallest absolute Gasteiger partial charge is 0.264 e. The van der Waals surface area contributed by atoms with Gasteiger partial charge < -0.3 is 9.64 Å². The van der Waals surface area contributed by atoms with Crippen molar-refractivity contribution in [3.05, 3.63) is 64.8 Å². The highest BCUT2D eigenvalue weighted by molar-refractivity contribution is 7.92. The molecule has 1 heterocycles. The van der Waals surface area contributed by atoms with Crippen LogP contribution in [0.25, 0.3) is 0 Å². The van der Waals surface area contributed by atoms with Crippen molar-refractivity contribution < 1.29 is 17.9 Å². The van der Waals surface area contributed by atoms with Crippen molar-refractivity contribution in [3.63, 3.8) is 0 Å². The summed E-state index contributed by atoms with van der Waals surface area (Å²) in [5.74, 6) is 0.261. The Labute approximate surface area is 170 Å². The van der Waals surface area contributed by atoms with Crippen molar-refractivity contribution in [1.29, 1.82) is 0 Å². The highest BCUT2D eigenvalue weighted by Crippen LogP contribution is 2.39. The Morgan fingerprint density at radius 2 is 1.79 bits per heavy atom. The van der Waals surface area contributed by atoms with Gasteiger partial charge in [0.1, 0.15) is 5.75 Å². The molecule has 1 unspecified atom stereocenters. The highest BCUT2D eigenvalue weighted by atomic mass is 35.5. The molecule has 1 atom stereocenters. The fourth-order valence-electron chi connectivity index (χ4n) is 3.20. The molecule has 1 aliphatic rings. The molecule has 8 heteroatoms. The molecular formula is C20H21ClN2O4S. The van der Waals surface area contributed by atoms with Crippen molar-refractivity contribution in [2.45, 2.75) is 17.9 Å². The highest BCUT2D eigenvalue weighted by Gasteiger charge is 2.40. The Hall–Kier alpha value is -2.51. The maximum Gasteiger partial charge on any atom is 0.264 e. The van der Waals surface area contributed by atoms with E-state index in [-0.39, 0.29) is 10.7 Å². The summed E-state index contributed by atoms with van der Waals surface area (Å²) in [6, 6.07) is 10.1. The number of fused-ring (bicyclic) bond motifs is 1. The van der Waals surface area contributed by atoms with Crippen molar-refractivity contribution in [1.82, 2.24) is 4.90 Å². The molecule has 3 rings (SSSR count). The summed E-state index contributed by atoms with van der Waals surface area (Å²) in [5.41, 5.74) is 0.993. The van der Waals surface area contributed by atoms with Gasteiger partial charge in [0.15, 0.2) is 5.78 Å². The number of benzene rings is 2. The fraction of sp³-hybridized carbons (Fsp3) is 0.250. The Kier molecular flexibility index (Phi) is 5.41. The summed E-state index contributed by atoms with van der Waals surface area (Å²) in [5, 5.41) is 0.441. The largest absolute Gasteiger partial charge is 0.497 e. The van der Waals surface area contributed by atoms with Gasteiger partial charge in [0.25, 0.3) is 10.0 Å². The van der Waals surface area contributed by atoms with E-state index in [4.69, 9.17) is 16.3 Å². The summed E-state index contributed by atoms with van der Waals surface area (Å²) in [4.78, 5) is 14.9. The molecule has 0 saturated carbocycles. The van der Waals surface area contributed by atoms with Gasteiger partial charge in [0.05, 0.1) is 23.7 Å². The van der Waals surface area contributed by atoms with E-state index in [9.17, 15) is 13.2 Å². The van der Waals surface area contributed by atoms with E-state index in [0.717, 1.165) is 0 Å². The number of halogens is 1. The number of ketones is 1. The zero-order valence-corrected chi connectivity index (χ0v) is 17.6. The molecule has 6 nitrogen and oxygen atoms in total. The Morgan fingerprint density at radius 3 is 2.36 bits per heavy atom. The quantitative estimate of drug-likeness (QED) is 0.707. The fourth-order valence-corrected chi connectivity index (χ4v) is 4.97. The van der Waals surface area contributed by atoms with Crippen LogP contribution in [-0.2, 0) is 10.0 Å². The van der Waals surface area contributed by atoms with Crippen LogP contribution in [-0.4, -0.2) is 46.3 Å². The second-order valence-corrected chi connectivity index (χ2v) is 8.94. The minimum atomic E-state index is -3.95. The van der Waals surface area contributed by atoms with Gasteiger partial charge in [0.2, 0.25) is 0 Å². The number of methoxy groups -OCH3 is 1. The summed E-state index contributed by atoms with van der Waals surface area (Å²) in [6.45, 7) is 1.70. The molecule has 148 valence electrons. The number of rotatable bonds is 4. The van der Waals surface area contributed by atoms with Crippen LogP contribution >= 0.6 is 11.6 Å². The lowest BCUT2D eigenvalue weighted by atomic mass is 9.92. The number of carbonyl (C=O) groups excluding carboxylic acids is 1. The first-order valence-electron chi connectivity index (χ1n) is 8.57. The predicted octanol–water partition coefficient (Wildman–Crippen LogP) is 3.57. The minimum absolute atomic E-state index is 0.0936. The summed E-state index contributed by atoms with van der Waals surface area (Å²) in [6.07, 6.45) is 1.66. The second kappa shape index (κ2) is 7.48. The number of nitrogens with zero attached hydrogens (tertiary/aromatic N) is 2. The van der Waals surface area contributed by atoms with Crippen molar-refractivity contribution >= 4 is 33.1 Å². The third-order valence-electron chi connectivity index (χ3n) is 4.52. The third-order valence-corrected chi connectivity index (χ3v) is 6.67. The Balaban J connectivity index is 2.27. The van der Waals surface area contributed by atoms with Crippen LogP contribution in [0.1, 0.15) is 17.3 Å². The first-order chi connectivity index (χ1) is 13.2. The van der Waals surface area contributed by atoms with Crippen LogP contribution in [0.2, 0.25) is 5.02 Å². The van der Waals surface area contributed by atoms with Gasteiger partial charge in [0, 0.05) is 42.5 Å². The minimum Gasteiger partial charge on any atom is -0.497 e. The van der Waals surface area contributed by atoms with Gasteiger partial charge in [-0.1, -0.05) is 11.6 Å². The van der Waals surface area contributed by atoms with E-state index in [2.05, 4.69) is 0 Å². The third kappa shape index (κ3) is 3.47. The Morgan fingerprint density at radius 1 is 1.14 bits per heavy atom. The molecule has 0 spiro atoms. The van der Waals surface area contributed by atoms with Gasteiger partial charge in [-0.05, 0) is 43.3 Å². The summed E-state index contributed by atoms with van der Waals surface area (Å²) in [7, 11) is 1.11. The number of hydrogen-bond donors (Lipinski definition) is 0. The maximum atomic E-state index is 13.5. The zero-order valence-electron chi connectivity index (χ0n) is 16.0. The molecule has 0 aromatic heterocycles. The van der Waals surface area contributed by atoms with Crippen molar-refractivity contribution in [3.8, 4) is 5.75 Å². The van der Waals surface area contributed by atoms with Crippen LogP contribution in [0.15, 0.2) is 59.1 Å². The van der Waals surface area contributed by atoms with Gasteiger partial charge in [-0.2, -0.15) is 0 Å². The SMILES string of the molecule is COc1ccc2c(c1)N(S(=O)(=O)c1ccc(Cl)cc1)C(C)/C(=C/N(C)C)C2=O. The number of carbonyl (C=O) groups is 1. The monoisotopic (exact) mass is 420 g/mol. The zero-order chi connectivity index (χ0) is 20.6. The molecule has 2 aromatic carbocycles. The van der Waals surface area contributed by atoms with E-state index in [0.29, 0.717) is 27.6 Å². The normalized spacial score (nSPS) is 18.2. The number of Topliss-reactive ketones (excluding diaryl/α,β-unsaturated/α-hetero) is 1. The summed E-state index contributed by atoms with van der Waals surface area (Å²) >= 11 is 5.91. The number of sulfonamides is 1. The lowest BCUT2D eigenvalue weighted by Gasteiger charge is -2.37. The molecule has 0 bridgehead atoms. The van der Waals surface area contributed by atoms with Gasteiger partial charge in [-0.15, -0.1) is 0 Å². The van der Waals surface area contributed by atoms with Gasteiger partial charge in [-0.3, -0.25) is 9.10 Å². The van der Waals surface area contributed by atoms with E-state index < -0.39 is 16.1 Å². The molecule has 1 aliphatic heterocycles. The standard InChI is InChI=1S/C20H21ClN2O4S/c1-13-18(12-22(2)3)20(24)17-10-7-15(27-4)11-19(17)23(13)28(25,26)16-8-5-14(21)6-9-16/h5-13H,1-4H3/b18-12-. The van der Waals surface area contributed by atoms with Crippen LogP contribution in [0.3, 0.4) is 0 Å². The molecule has 0 aliphatic carbocycles. The van der Waals surface area contributed by atoms with Gasteiger partial charge >= 0.3 is 0 Å². The number of ether oxygens (including phenoxy) is 1. The number of hydrogen-bond acceptors (Lipinski definition) is 5. The molecule has 0 saturated heterocycles. The van der Waals surface area contributed by atoms with Crippen LogP contribution in [0.4, 0.5) is 5.69 Å². The Bertz CT molecular complexity index is 1050. The van der Waals surface area contributed by atoms with E-state index >= 15 is 0 Å². The van der Waals surface area contributed by atoms with E-state index in [1.165, 1.54) is 35.7 Å². The molecule has 28 heavy (non-hydrogen) atoms. The average molecular weight is 421 g/mol. The second-order valence-electron chi connectivity index (χ2n) is 6.69. The number of anilines is 1. The first-order valence-corrected chi connectivity index (χ1v) is 10.4. The predicted molar refractivity (Wildman–Crippen MR) is 110 cm³/mol. The van der Waals surface area contributed by atoms with Gasteiger partial charge in [-0.25, -0.2) is 8.42 Å². The van der Waals surface area contributed by atoms with E-state index in [1.807, 2.05) is 0 Å². The van der Waals surface area contributed by atoms with Crippen LogP contribution in [0, 0.1) is 0 Å². The average Bonchev–Trinajstić information content (AvgIpc) is 2.64. The molecule has 0 radical (unpaired) electrons. The first kappa shape index (κ1) is 20.2. The molecule has 2 aromatic rings. The van der Waals surface area contributed by atoms with Crippen molar-refractivity contribution in [2.75, 3.05) is 25.5 Å². The summed E-state index contributed by atoms with van der Waals surface area (Å²) < 4.78 is 33.5. The van der Waals surface area contributed by atoms with Crippen LogP contribution < -0.4 is 9.04 Å². The van der Waals surface area contributed by atoms with Crippen molar-refractivity contribution in [2.24, 2.45) is 0 Å². The molecule has 0 N–H and O–H groups in total. The topological polar surface area (TPSA) is 66.9 Å². The van der Waals surface area contributed by atoms with E-state index in [1.54, 1.807) is 50.3 Å². The lowest BCUT2D eigenvalue weighted by molar-refractivity contribution is 0.102. The molecular weight excluding hydrogens is 400 g/mol. The molecule has 0 fully saturated rings.